The van der Waals surface area contributed by atoms with Gasteiger partial charge in [0, 0.05) is 0 Å². The van der Waals surface area contributed by atoms with Gasteiger partial charge in [-0.2, -0.15) is 0 Å². The Balaban J connectivity index is 1.84. The molecule has 1 aliphatic heterocycles. The van der Waals surface area contributed by atoms with E-state index in [1.54, 1.807) is 12.1 Å². The molecule has 1 atom stereocenters. The molecule has 0 bridgehead atoms. The molecule has 1 aromatic heterocycles. The van der Waals surface area contributed by atoms with Gasteiger partial charge in [-0.1, -0.05) is 18.2 Å². The van der Waals surface area contributed by atoms with Crippen molar-refractivity contribution in [2.45, 2.75) is 25.5 Å². The van der Waals surface area contributed by atoms with Crippen LogP contribution in [0.1, 0.15) is 35.2 Å². The van der Waals surface area contributed by atoms with E-state index in [4.69, 9.17) is 4.74 Å². The van der Waals surface area contributed by atoms with Crippen molar-refractivity contribution in [1.82, 2.24) is 4.90 Å². The second-order valence-corrected chi connectivity index (χ2v) is 7.00. The molecule has 1 amide bonds. The lowest BCUT2D eigenvalue weighted by atomic mass is 9.97. The van der Waals surface area contributed by atoms with E-state index < -0.39 is 0 Å². The molecule has 2 heterocycles. The summed E-state index contributed by atoms with van der Waals surface area (Å²) >= 11 is 1.44. The third kappa shape index (κ3) is 2.91. The van der Waals surface area contributed by atoms with Crippen LogP contribution < -0.4 is 0 Å². The highest BCUT2D eigenvalue weighted by Gasteiger charge is 2.39. The number of carbonyl (C=O) groups is 1. The number of thiophene rings is 1. The Morgan fingerprint density at radius 3 is 2.68 bits per heavy atom. The molecule has 0 saturated carbocycles. The highest BCUT2D eigenvalue weighted by Crippen LogP contribution is 2.32. The Morgan fingerprint density at radius 2 is 2.05 bits per heavy atom. The number of morpholine rings is 1. The maximum Gasteiger partial charge on any atom is 0.264 e. The third-order valence-corrected chi connectivity index (χ3v) is 4.79. The minimum absolute atomic E-state index is 0.0235. The zero-order chi connectivity index (χ0) is 15.7. The minimum atomic E-state index is -0.363. The topological polar surface area (TPSA) is 29.5 Å². The SMILES string of the molecule is CC1(C)COC(c2ccc(F)cc2)CN1C(=O)c1cccs1. The molecule has 1 saturated heterocycles. The van der Waals surface area contributed by atoms with Crippen molar-refractivity contribution in [2.75, 3.05) is 13.2 Å². The lowest BCUT2D eigenvalue weighted by Gasteiger charge is -2.45. The second-order valence-electron chi connectivity index (χ2n) is 6.06. The van der Waals surface area contributed by atoms with Gasteiger partial charge in [0.25, 0.3) is 5.91 Å². The molecule has 2 aromatic rings. The van der Waals surface area contributed by atoms with Crippen LogP contribution in [0.3, 0.4) is 0 Å². The maximum absolute atomic E-state index is 13.1. The van der Waals surface area contributed by atoms with Crippen LogP contribution in [0.15, 0.2) is 41.8 Å². The van der Waals surface area contributed by atoms with E-state index in [-0.39, 0.29) is 23.4 Å². The Kier molecular flexibility index (Phi) is 4.02. The molecule has 0 spiro atoms. The van der Waals surface area contributed by atoms with Crippen LogP contribution in [0.25, 0.3) is 0 Å². The molecule has 1 aliphatic rings. The second kappa shape index (κ2) is 5.82. The van der Waals surface area contributed by atoms with Gasteiger partial charge in [-0.3, -0.25) is 4.79 Å². The first-order chi connectivity index (χ1) is 10.5. The van der Waals surface area contributed by atoms with Crippen LogP contribution in [-0.4, -0.2) is 29.5 Å². The van der Waals surface area contributed by atoms with Crippen LogP contribution in [0, 0.1) is 5.82 Å². The summed E-state index contributed by atoms with van der Waals surface area (Å²) in [4.78, 5) is 15.3. The number of amides is 1. The number of carbonyl (C=O) groups excluding carboxylic acids is 1. The fraction of sp³-hybridized carbons (Fsp3) is 0.353. The normalized spacial score (nSPS) is 20.9. The fourth-order valence-corrected chi connectivity index (χ4v) is 3.29. The zero-order valence-electron chi connectivity index (χ0n) is 12.6. The van der Waals surface area contributed by atoms with Gasteiger partial charge in [0.15, 0.2) is 0 Å². The summed E-state index contributed by atoms with van der Waals surface area (Å²) < 4.78 is 19.0. The molecule has 0 radical (unpaired) electrons. The number of hydrogen-bond acceptors (Lipinski definition) is 3. The Morgan fingerprint density at radius 1 is 1.32 bits per heavy atom. The first-order valence-electron chi connectivity index (χ1n) is 7.20. The highest BCUT2D eigenvalue weighted by molar-refractivity contribution is 7.12. The quantitative estimate of drug-likeness (QED) is 0.841. The largest absolute Gasteiger partial charge is 0.369 e. The summed E-state index contributed by atoms with van der Waals surface area (Å²) in [6.45, 7) is 4.92. The summed E-state index contributed by atoms with van der Waals surface area (Å²) in [6, 6.07) is 9.99. The average Bonchev–Trinajstić information content (AvgIpc) is 3.02. The third-order valence-electron chi connectivity index (χ3n) is 3.94. The van der Waals surface area contributed by atoms with Gasteiger partial charge in [-0.25, -0.2) is 4.39 Å². The van der Waals surface area contributed by atoms with Crippen molar-refractivity contribution in [2.24, 2.45) is 0 Å². The van der Waals surface area contributed by atoms with Crippen LogP contribution >= 0.6 is 11.3 Å². The van der Waals surface area contributed by atoms with Crippen LogP contribution in [0.5, 0.6) is 0 Å². The molecule has 0 N–H and O–H groups in total. The highest BCUT2D eigenvalue weighted by atomic mass is 32.1. The Labute approximate surface area is 133 Å². The van der Waals surface area contributed by atoms with Gasteiger partial charge < -0.3 is 9.64 Å². The van der Waals surface area contributed by atoms with Gasteiger partial charge in [0.05, 0.1) is 23.6 Å². The molecule has 116 valence electrons. The lowest BCUT2D eigenvalue weighted by Crippen LogP contribution is -2.56. The molecule has 0 aliphatic carbocycles. The molecular formula is C17H18FNO2S. The summed E-state index contributed by atoms with van der Waals surface area (Å²) in [6.07, 6.45) is -0.225. The number of benzene rings is 1. The average molecular weight is 319 g/mol. The minimum Gasteiger partial charge on any atom is -0.369 e. The molecule has 1 fully saturated rings. The number of halogens is 1. The smallest absolute Gasteiger partial charge is 0.264 e. The number of nitrogens with zero attached hydrogens (tertiary/aromatic N) is 1. The van der Waals surface area contributed by atoms with Crippen LogP contribution in [-0.2, 0) is 4.74 Å². The van der Waals surface area contributed by atoms with E-state index in [2.05, 4.69) is 0 Å². The van der Waals surface area contributed by atoms with Crippen molar-refractivity contribution >= 4 is 17.2 Å². The lowest BCUT2D eigenvalue weighted by molar-refractivity contribution is -0.0845. The van der Waals surface area contributed by atoms with Crippen LogP contribution in [0.4, 0.5) is 4.39 Å². The van der Waals surface area contributed by atoms with E-state index in [0.717, 1.165) is 10.4 Å². The van der Waals surface area contributed by atoms with E-state index >= 15 is 0 Å². The molecule has 1 aromatic carbocycles. The van der Waals surface area contributed by atoms with Crippen molar-refractivity contribution in [1.29, 1.82) is 0 Å². The van der Waals surface area contributed by atoms with E-state index in [0.29, 0.717) is 13.2 Å². The predicted molar refractivity (Wildman–Crippen MR) is 84.5 cm³/mol. The molecule has 3 rings (SSSR count). The van der Waals surface area contributed by atoms with Gasteiger partial charge in [-0.15, -0.1) is 11.3 Å². The van der Waals surface area contributed by atoms with Gasteiger partial charge in [-0.05, 0) is 43.0 Å². The van der Waals surface area contributed by atoms with E-state index in [9.17, 15) is 9.18 Å². The number of ether oxygens (including phenoxy) is 1. The molecule has 22 heavy (non-hydrogen) atoms. The molecular weight excluding hydrogens is 301 g/mol. The Hall–Kier alpha value is -1.72. The first kappa shape index (κ1) is 15.2. The van der Waals surface area contributed by atoms with Crippen molar-refractivity contribution in [3.8, 4) is 0 Å². The van der Waals surface area contributed by atoms with Crippen molar-refractivity contribution in [3.63, 3.8) is 0 Å². The summed E-state index contributed by atoms with van der Waals surface area (Å²) in [5, 5.41) is 1.90. The van der Waals surface area contributed by atoms with Gasteiger partial charge in [0.2, 0.25) is 0 Å². The monoisotopic (exact) mass is 319 g/mol. The number of hydrogen-bond donors (Lipinski definition) is 0. The maximum atomic E-state index is 13.1. The summed E-state index contributed by atoms with van der Waals surface area (Å²) in [5.41, 5.74) is 0.526. The zero-order valence-corrected chi connectivity index (χ0v) is 13.4. The van der Waals surface area contributed by atoms with Gasteiger partial charge in [0.1, 0.15) is 11.9 Å². The van der Waals surface area contributed by atoms with E-state index in [1.165, 1.54) is 23.5 Å². The van der Waals surface area contributed by atoms with Crippen LogP contribution in [0.2, 0.25) is 0 Å². The molecule has 5 heteroatoms. The Bertz CT molecular complexity index is 652. The number of rotatable bonds is 2. The van der Waals surface area contributed by atoms with Crippen molar-refractivity contribution < 1.29 is 13.9 Å². The molecule has 3 nitrogen and oxygen atoms in total. The van der Waals surface area contributed by atoms with E-state index in [1.807, 2.05) is 36.3 Å². The molecule has 1 unspecified atom stereocenters. The van der Waals surface area contributed by atoms with Crippen molar-refractivity contribution in [3.05, 3.63) is 58.0 Å². The summed E-state index contributed by atoms with van der Waals surface area (Å²) in [7, 11) is 0. The summed E-state index contributed by atoms with van der Waals surface area (Å²) in [5.74, 6) is -0.248. The predicted octanol–water partition coefficient (Wildman–Crippen LogP) is 3.88. The first-order valence-corrected chi connectivity index (χ1v) is 8.08. The standard InChI is InChI=1S/C17H18FNO2S/c1-17(2)11-21-14(12-5-7-13(18)8-6-12)10-19(17)16(20)15-4-3-9-22-15/h3-9,14H,10-11H2,1-2H3. The van der Waals surface area contributed by atoms with Gasteiger partial charge >= 0.3 is 0 Å². The fourth-order valence-electron chi connectivity index (χ4n) is 2.62.